The second-order valence-electron chi connectivity index (χ2n) is 4.03. The number of hydrogen-bond donors (Lipinski definition) is 2. The molecule has 0 saturated heterocycles. The fraction of sp³-hybridized carbons (Fsp3) is 1.00. The fourth-order valence-corrected chi connectivity index (χ4v) is 1.77. The molecular formula is C12H27NO3. The van der Waals surface area contributed by atoms with Crippen molar-refractivity contribution in [2.75, 3.05) is 40.1 Å². The molecule has 0 aromatic carbocycles. The van der Waals surface area contributed by atoms with Gasteiger partial charge in [-0.05, 0) is 25.8 Å². The summed E-state index contributed by atoms with van der Waals surface area (Å²) in [5.74, 6) is 0. The number of ether oxygens (including phenoxy) is 2. The van der Waals surface area contributed by atoms with Gasteiger partial charge in [-0.25, -0.2) is 0 Å². The molecule has 0 rings (SSSR count). The van der Waals surface area contributed by atoms with Crippen molar-refractivity contribution in [2.45, 2.75) is 38.6 Å². The van der Waals surface area contributed by atoms with Crippen molar-refractivity contribution in [3.63, 3.8) is 0 Å². The van der Waals surface area contributed by atoms with Crippen molar-refractivity contribution in [3.05, 3.63) is 0 Å². The van der Waals surface area contributed by atoms with Gasteiger partial charge in [0.1, 0.15) is 0 Å². The van der Waals surface area contributed by atoms with E-state index in [2.05, 4.69) is 19.2 Å². The third-order valence-electron chi connectivity index (χ3n) is 2.91. The van der Waals surface area contributed by atoms with E-state index >= 15 is 0 Å². The molecule has 0 saturated carbocycles. The number of methoxy groups -OCH3 is 1. The van der Waals surface area contributed by atoms with E-state index in [1.807, 2.05) is 0 Å². The number of nitrogens with one attached hydrogen (secondary N) is 1. The maximum atomic E-state index is 9.43. The lowest BCUT2D eigenvalue weighted by atomic mass is 9.91. The summed E-state index contributed by atoms with van der Waals surface area (Å²) >= 11 is 0. The Morgan fingerprint density at radius 3 is 2.44 bits per heavy atom. The predicted molar refractivity (Wildman–Crippen MR) is 65.7 cm³/mol. The SMILES string of the molecule is CCNC(CC)(CO)CCCOCCOC. The van der Waals surface area contributed by atoms with Crippen LogP contribution in [0.15, 0.2) is 0 Å². The van der Waals surface area contributed by atoms with Crippen molar-refractivity contribution in [2.24, 2.45) is 0 Å². The van der Waals surface area contributed by atoms with Crippen LogP contribution in [0.1, 0.15) is 33.1 Å². The highest BCUT2D eigenvalue weighted by molar-refractivity contribution is 4.85. The summed E-state index contributed by atoms with van der Waals surface area (Å²) in [4.78, 5) is 0. The van der Waals surface area contributed by atoms with E-state index in [0.29, 0.717) is 13.2 Å². The normalized spacial score (nSPS) is 15.0. The van der Waals surface area contributed by atoms with Crippen LogP contribution in [0, 0.1) is 0 Å². The van der Waals surface area contributed by atoms with E-state index in [1.54, 1.807) is 7.11 Å². The van der Waals surface area contributed by atoms with Gasteiger partial charge in [-0.3, -0.25) is 0 Å². The molecule has 1 unspecified atom stereocenters. The van der Waals surface area contributed by atoms with Crippen LogP contribution in [0.5, 0.6) is 0 Å². The Morgan fingerprint density at radius 1 is 1.19 bits per heavy atom. The van der Waals surface area contributed by atoms with Crippen LogP contribution >= 0.6 is 0 Å². The van der Waals surface area contributed by atoms with E-state index < -0.39 is 0 Å². The first-order valence-corrected chi connectivity index (χ1v) is 6.17. The molecule has 0 aliphatic carbocycles. The van der Waals surface area contributed by atoms with Crippen LogP contribution in [0.2, 0.25) is 0 Å². The molecule has 0 aromatic rings. The van der Waals surface area contributed by atoms with Crippen LogP contribution in [-0.4, -0.2) is 50.7 Å². The Hall–Kier alpha value is -0.160. The second kappa shape index (κ2) is 10.0. The third kappa shape index (κ3) is 6.43. The molecule has 4 nitrogen and oxygen atoms in total. The zero-order chi connectivity index (χ0) is 12.3. The molecule has 0 heterocycles. The van der Waals surface area contributed by atoms with Gasteiger partial charge in [0.25, 0.3) is 0 Å². The van der Waals surface area contributed by atoms with Crippen LogP contribution < -0.4 is 5.32 Å². The Kier molecular flexibility index (Phi) is 9.92. The maximum Gasteiger partial charge on any atom is 0.0700 e. The standard InChI is InChI=1S/C12H27NO3/c1-4-12(11-14,13-5-2)7-6-8-16-10-9-15-3/h13-14H,4-11H2,1-3H3. The van der Waals surface area contributed by atoms with Crippen LogP contribution in [-0.2, 0) is 9.47 Å². The second-order valence-corrected chi connectivity index (χ2v) is 4.03. The number of aliphatic hydroxyl groups excluding tert-OH is 1. The number of likely N-dealkylation sites (N-methyl/N-ethyl adjacent to an activating group) is 1. The largest absolute Gasteiger partial charge is 0.394 e. The Balaban J connectivity index is 3.67. The molecule has 98 valence electrons. The van der Waals surface area contributed by atoms with Gasteiger partial charge >= 0.3 is 0 Å². The summed E-state index contributed by atoms with van der Waals surface area (Å²) in [5, 5.41) is 12.8. The number of hydrogen-bond acceptors (Lipinski definition) is 4. The summed E-state index contributed by atoms with van der Waals surface area (Å²) < 4.78 is 10.3. The van der Waals surface area contributed by atoms with Gasteiger partial charge in [-0.15, -0.1) is 0 Å². The average Bonchev–Trinajstić information content (AvgIpc) is 2.32. The molecule has 0 radical (unpaired) electrons. The lowest BCUT2D eigenvalue weighted by molar-refractivity contribution is 0.0612. The first-order chi connectivity index (χ1) is 7.74. The van der Waals surface area contributed by atoms with Gasteiger partial charge in [0, 0.05) is 19.3 Å². The molecule has 4 heteroatoms. The molecule has 0 aliphatic rings. The molecule has 0 aromatic heterocycles. The van der Waals surface area contributed by atoms with Crippen LogP contribution in [0.4, 0.5) is 0 Å². The van der Waals surface area contributed by atoms with Crippen molar-refractivity contribution in [3.8, 4) is 0 Å². The predicted octanol–water partition coefficient (Wildman–Crippen LogP) is 1.18. The molecule has 0 spiro atoms. The summed E-state index contributed by atoms with van der Waals surface area (Å²) in [6.07, 6.45) is 2.85. The minimum Gasteiger partial charge on any atom is -0.394 e. The van der Waals surface area contributed by atoms with E-state index in [-0.39, 0.29) is 12.1 Å². The van der Waals surface area contributed by atoms with Gasteiger partial charge in [0.15, 0.2) is 0 Å². The first-order valence-electron chi connectivity index (χ1n) is 6.17. The van der Waals surface area contributed by atoms with Gasteiger partial charge in [0.05, 0.1) is 19.8 Å². The maximum absolute atomic E-state index is 9.43. The van der Waals surface area contributed by atoms with Gasteiger partial charge in [-0.2, -0.15) is 0 Å². The zero-order valence-electron chi connectivity index (χ0n) is 10.9. The molecule has 0 aliphatic heterocycles. The molecule has 0 amide bonds. The van der Waals surface area contributed by atoms with E-state index in [9.17, 15) is 5.11 Å². The fourth-order valence-electron chi connectivity index (χ4n) is 1.77. The molecule has 2 N–H and O–H groups in total. The van der Waals surface area contributed by atoms with Crippen molar-refractivity contribution < 1.29 is 14.6 Å². The summed E-state index contributed by atoms with van der Waals surface area (Å²) in [5.41, 5.74) is -0.126. The minimum atomic E-state index is -0.126. The van der Waals surface area contributed by atoms with Gasteiger partial charge in [-0.1, -0.05) is 13.8 Å². The number of rotatable bonds is 11. The van der Waals surface area contributed by atoms with Crippen molar-refractivity contribution in [1.82, 2.24) is 5.32 Å². The van der Waals surface area contributed by atoms with Gasteiger partial charge in [0.2, 0.25) is 0 Å². The highest BCUT2D eigenvalue weighted by Gasteiger charge is 2.25. The smallest absolute Gasteiger partial charge is 0.0700 e. The summed E-state index contributed by atoms with van der Waals surface area (Å²) in [7, 11) is 1.67. The topological polar surface area (TPSA) is 50.7 Å². The molecule has 16 heavy (non-hydrogen) atoms. The quantitative estimate of drug-likeness (QED) is 0.526. The Morgan fingerprint density at radius 2 is 1.94 bits per heavy atom. The number of aliphatic hydroxyl groups is 1. The third-order valence-corrected chi connectivity index (χ3v) is 2.91. The Labute approximate surface area is 99.3 Å². The molecule has 1 atom stereocenters. The monoisotopic (exact) mass is 233 g/mol. The zero-order valence-corrected chi connectivity index (χ0v) is 10.9. The highest BCUT2D eigenvalue weighted by atomic mass is 16.5. The van der Waals surface area contributed by atoms with Crippen LogP contribution in [0.3, 0.4) is 0 Å². The minimum absolute atomic E-state index is 0.126. The van der Waals surface area contributed by atoms with Crippen molar-refractivity contribution >= 4 is 0 Å². The van der Waals surface area contributed by atoms with E-state index in [1.165, 1.54) is 0 Å². The van der Waals surface area contributed by atoms with Gasteiger partial charge < -0.3 is 19.9 Å². The lowest BCUT2D eigenvalue weighted by Crippen LogP contribution is -2.48. The van der Waals surface area contributed by atoms with E-state index in [4.69, 9.17) is 9.47 Å². The van der Waals surface area contributed by atoms with E-state index in [0.717, 1.165) is 32.4 Å². The Bertz CT molecular complexity index is 149. The summed E-state index contributed by atoms with van der Waals surface area (Å²) in [6, 6.07) is 0. The summed E-state index contributed by atoms with van der Waals surface area (Å²) in [6.45, 7) is 7.27. The molecule has 0 bridgehead atoms. The van der Waals surface area contributed by atoms with Crippen LogP contribution in [0.25, 0.3) is 0 Å². The average molecular weight is 233 g/mol. The molecular weight excluding hydrogens is 206 g/mol. The molecule has 0 fully saturated rings. The first kappa shape index (κ1) is 15.8. The van der Waals surface area contributed by atoms with Crippen molar-refractivity contribution in [1.29, 1.82) is 0 Å². The lowest BCUT2D eigenvalue weighted by Gasteiger charge is -2.31. The highest BCUT2D eigenvalue weighted by Crippen LogP contribution is 2.16.